The molecule has 10 heteroatoms. The molecule has 202 valence electrons. The van der Waals surface area contributed by atoms with Crippen molar-refractivity contribution >= 4 is 33.9 Å². The van der Waals surface area contributed by atoms with E-state index >= 15 is 4.39 Å². The van der Waals surface area contributed by atoms with Gasteiger partial charge in [-0.25, -0.2) is 4.39 Å². The highest BCUT2D eigenvalue weighted by Gasteiger charge is 2.29. The third kappa shape index (κ3) is 5.56. The number of halogens is 1. The lowest BCUT2D eigenvalue weighted by Crippen LogP contribution is -2.36. The molecule has 0 bridgehead atoms. The van der Waals surface area contributed by atoms with E-state index in [1.54, 1.807) is 36.5 Å². The Hall–Kier alpha value is -4.44. The number of H-pyrrole nitrogens is 1. The highest BCUT2D eigenvalue weighted by atomic mass is 19.1. The van der Waals surface area contributed by atoms with Gasteiger partial charge in [-0.3, -0.25) is 14.9 Å². The minimum Gasteiger partial charge on any atom is -0.378 e. The van der Waals surface area contributed by atoms with Crippen molar-refractivity contribution in [2.75, 3.05) is 55.5 Å². The fourth-order valence-electron chi connectivity index (χ4n) is 4.88. The van der Waals surface area contributed by atoms with Gasteiger partial charge in [-0.2, -0.15) is 0 Å². The third-order valence-electron chi connectivity index (χ3n) is 7.07. The Morgan fingerprint density at radius 3 is 2.59 bits per heavy atom. The number of nitrogens with zero attached hydrogens (tertiary/aromatic N) is 3. The Balaban J connectivity index is 1.37. The number of morpholine rings is 1. The molecule has 1 aliphatic heterocycles. The number of aromatic amines is 1. The molecule has 1 aliphatic rings. The Kier molecular flexibility index (Phi) is 7.47. The van der Waals surface area contributed by atoms with E-state index in [2.05, 4.69) is 15.2 Å². The predicted molar refractivity (Wildman–Crippen MR) is 150 cm³/mol. The van der Waals surface area contributed by atoms with Crippen molar-refractivity contribution in [3.8, 4) is 0 Å². The molecule has 0 spiro atoms. The Labute approximate surface area is 225 Å². The summed E-state index contributed by atoms with van der Waals surface area (Å²) in [4.78, 5) is 31.8. The summed E-state index contributed by atoms with van der Waals surface area (Å²) in [6.45, 7) is 2.88. The summed E-state index contributed by atoms with van der Waals surface area (Å²) in [7, 11) is 3.79. The number of aromatic nitrogens is 1. The standard InChI is InChI=1S/C29H30FN5O4/c1-33(2)21-8-6-19(7-9-21)29(36)32-25-5-3-4-20(28(25)30)16-27(35(37)38)24-18-31-26-17-22(10-11-23(24)26)34-12-14-39-15-13-34/h3-11,17-18,27,31H,12-16H2,1-2H3,(H,32,36). The number of benzene rings is 3. The normalized spacial score (nSPS) is 14.3. The third-order valence-corrected chi connectivity index (χ3v) is 7.07. The Morgan fingerprint density at radius 2 is 1.90 bits per heavy atom. The van der Waals surface area contributed by atoms with Gasteiger partial charge in [-0.15, -0.1) is 0 Å². The van der Waals surface area contributed by atoms with Gasteiger partial charge in [0.2, 0.25) is 6.04 Å². The largest absolute Gasteiger partial charge is 0.378 e. The van der Waals surface area contributed by atoms with Gasteiger partial charge in [0.25, 0.3) is 5.91 Å². The van der Waals surface area contributed by atoms with Crippen LogP contribution in [0.5, 0.6) is 0 Å². The number of carbonyl (C=O) groups is 1. The van der Waals surface area contributed by atoms with Gasteiger partial charge in [0, 0.05) is 72.6 Å². The molecule has 4 aromatic rings. The highest BCUT2D eigenvalue weighted by molar-refractivity contribution is 6.04. The number of hydrogen-bond acceptors (Lipinski definition) is 6. The average molecular weight is 532 g/mol. The number of fused-ring (bicyclic) bond motifs is 1. The second-order valence-electron chi connectivity index (χ2n) is 9.75. The van der Waals surface area contributed by atoms with E-state index in [0.29, 0.717) is 24.3 Å². The molecule has 0 saturated carbocycles. The summed E-state index contributed by atoms with van der Waals surface area (Å²) >= 11 is 0. The smallest absolute Gasteiger partial charge is 0.255 e. The van der Waals surface area contributed by atoms with Crippen LogP contribution >= 0.6 is 0 Å². The average Bonchev–Trinajstić information content (AvgIpc) is 3.36. The maximum atomic E-state index is 15.5. The molecule has 1 amide bonds. The number of rotatable bonds is 8. The number of anilines is 3. The molecule has 5 rings (SSSR count). The first-order valence-electron chi connectivity index (χ1n) is 12.7. The van der Waals surface area contributed by atoms with Gasteiger partial charge in [-0.05, 0) is 48.0 Å². The Morgan fingerprint density at radius 1 is 1.15 bits per heavy atom. The van der Waals surface area contributed by atoms with Crippen LogP contribution in [-0.2, 0) is 11.2 Å². The lowest BCUT2D eigenvalue weighted by Gasteiger charge is -2.28. The van der Waals surface area contributed by atoms with Crippen LogP contribution in [0.15, 0.2) is 66.9 Å². The fourth-order valence-corrected chi connectivity index (χ4v) is 4.88. The quantitative estimate of drug-likeness (QED) is 0.244. The SMILES string of the molecule is CN(C)c1ccc(C(=O)Nc2cccc(CC(c3c[nH]c4cc(N5CCOCC5)ccc34)[N+](=O)[O-])c2F)cc1. The maximum Gasteiger partial charge on any atom is 0.255 e. The summed E-state index contributed by atoms with van der Waals surface area (Å²) in [5.41, 5.74) is 3.72. The van der Waals surface area contributed by atoms with E-state index in [4.69, 9.17) is 4.74 Å². The Bertz CT molecular complexity index is 1500. The first-order chi connectivity index (χ1) is 18.8. The lowest BCUT2D eigenvalue weighted by atomic mass is 9.98. The van der Waals surface area contributed by atoms with Crippen molar-refractivity contribution in [3.05, 3.63) is 99.5 Å². The van der Waals surface area contributed by atoms with Crippen LogP contribution in [0.3, 0.4) is 0 Å². The van der Waals surface area contributed by atoms with Crippen LogP contribution in [0.4, 0.5) is 21.5 Å². The number of carbonyl (C=O) groups excluding carboxylic acids is 1. The molecule has 2 heterocycles. The van der Waals surface area contributed by atoms with Crippen molar-refractivity contribution in [2.45, 2.75) is 12.5 Å². The number of nitrogens with one attached hydrogen (secondary N) is 2. The van der Waals surface area contributed by atoms with E-state index in [9.17, 15) is 14.9 Å². The van der Waals surface area contributed by atoms with Gasteiger partial charge in [0.05, 0.1) is 24.5 Å². The summed E-state index contributed by atoms with van der Waals surface area (Å²) in [6.07, 6.45) is 1.46. The van der Waals surface area contributed by atoms with Crippen LogP contribution in [0.2, 0.25) is 0 Å². The van der Waals surface area contributed by atoms with Crippen LogP contribution < -0.4 is 15.1 Å². The second kappa shape index (κ2) is 11.1. The minimum atomic E-state index is -1.17. The lowest BCUT2D eigenvalue weighted by molar-refractivity contribution is -0.528. The molecular weight excluding hydrogens is 501 g/mol. The molecular formula is C29H30FN5O4. The molecule has 3 aromatic carbocycles. The van der Waals surface area contributed by atoms with Crippen molar-refractivity contribution in [2.24, 2.45) is 0 Å². The molecule has 1 fully saturated rings. The van der Waals surface area contributed by atoms with Crippen molar-refractivity contribution < 1.29 is 18.8 Å². The molecule has 0 radical (unpaired) electrons. The summed E-state index contributed by atoms with van der Waals surface area (Å²) in [6, 6.07) is 16.1. The van der Waals surface area contributed by atoms with Gasteiger partial charge < -0.3 is 24.8 Å². The highest BCUT2D eigenvalue weighted by Crippen LogP contribution is 2.33. The topological polar surface area (TPSA) is 104 Å². The monoisotopic (exact) mass is 531 g/mol. The van der Waals surface area contributed by atoms with Crippen molar-refractivity contribution in [1.82, 2.24) is 4.98 Å². The molecule has 1 saturated heterocycles. The number of nitro groups is 1. The summed E-state index contributed by atoms with van der Waals surface area (Å²) in [5, 5.41) is 15.5. The van der Waals surface area contributed by atoms with Crippen molar-refractivity contribution in [3.63, 3.8) is 0 Å². The molecule has 39 heavy (non-hydrogen) atoms. The van der Waals surface area contributed by atoms with Gasteiger partial charge in [0.15, 0.2) is 0 Å². The first kappa shape index (κ1) is 26.2. The van der Waals surface area contributed by atoms with Crippen LogP contribution in [0, 0.1) is 15.9 Å². The van der Waals surface area contributed by atoms with E-state index < -0.39 is 22.7 Å². The van der Waals surface area contributed by atoms with Crippen LogP contribution in [-0.4, -0.2) is 56.2 Å². The van der Waals surface area contributed by atoms with E-state index in [1.165, 1.54) is 12.1 Å². The molecule has 2 N–H and O–H groups in total. The molecule has 0 aliphatic carbocycles. The summed E-state index contributed by atoms with van der Waals surface area (Å²) < 4.78 is 20.9. The fraction of sp³-hybridized carbons (Fsp3) is 0.276. The van der Waals surface area contributed by atoms with Crippen LogP contribution in [0.1, 0.15) is 27.5 Å². The van der Waals surface area contributed by atoms with Crippen LogP contribution in [0.25, 0.3) is 10.9 Å². The van der Waals surface area contributed by atoms with Crippen molar-refractivity contribution in [1.29, 1.82) is 0 Å². The van der Waals surface area contributed by atoms with E-state index in [-0.39, 0.29) is 17.7 Å². The van der Waals surface area contributed by atoms with Gasteiger partial charge in [0.1, 0.15) is 5.82 Å². The van der Waals surface area contributed by atoms with Gasteiger partial charge >= 0.3 is 0 Å². The second-order valence-corrected chi connectivity index (χ2v) is 9.75. The molecule has 9 nitrogen and oxygen atoms in total. The number of ether oxygens (including phenoxy) is 1. The molecule has 1 unspecified atom stereocenters. The predicted octanol–water partition coefficient (Wildman–Crippen LogP) is 5.02. The van der Waals surface area contributed by atoms with E-state index in [1.807, 2.05) is 37.2 Å². The zero-order valence-corrected chi connectivity index (χ0v) is 21.8. The van der Waals surface area contributed by atoms with E-state index in [0.717, 1.165) is 35.4 Å². The molecule has 1 atom stereocenters. The maximum absolute atomic E-state index is 15.5. The summed E-state index contributed by atoms with van der Waals surface area (Å²) in [5.74, 6) is -1.15. The first-order valence-corrected chi connectivity index (χ1v) is 12.7. The number of hydrogen-bond donors (Lipinski definition) is 2. The zero-order valence-electron chi connectivity index (χ0n) is 21.8. The zero-order chi connectivity index (χ0) is 27.5. The number of amides is 1. The minimum absolute atomic E-state index is 0.0228. The van der Waals surface area contributed by atoms with Gasteiger partial charge in [-0.1, -0.05) is 18.2 Å². The molecule has 1 aromatic heterocycles.